The highest BCUT2D eigenvalue weighted by Crippen LogP contribution is 2.35. The number of hydrogen-bond acceptors (Lipinski definition) is 6. The Morgan fingerprint density at radius 1 is 1.39 bits per heavy atom. The van der Waals surface area contributed by atoms with Crippen LogP contribution in [-0.4, -0.2) is 31.2 Å². The Labute approximate surface area is 138 Å². The maximum absolute atomic E-state index is 10.8. The zero-order valence-electron chi connectivity index (χ0n) is 13.1. The van der Waals surface area contributed by atoms with E-state index in [2.05, 4.69) is 33.6 Å². The molecule has 0 amide bonds. The van der Waals surface area contributed by atoms with Crippen LogP contribution in [0.15, 0.2) is 12.3 Å². The molecule has 0 radical (unpaired) electrons. The predicted octanol–water partition coefficient (Wildman–Crippen LogP) is 2.94. The van der Waals surface area contributed by atoms with Gasteiger partial charge in [-0.05, 0) is 6.92 Å². The molecule has 1 aliphatic rings. The Kier molecular flexibility index (Phi) is 3.93. The van der Waals surface area contributed by atoms with Crippen LogP contribution in [0.3, 0.4) is 0 Å². The summed E-state index contributed by atoms with van der Waals surface area (Å²) in [7, 11) is 0. The number of nitro groups is 1. The van der Waals surface area contributed by atoms with Crippen molar-refractivity contribution >= 4 is 23.1 Å². The van der Waals surface area contributed by atoms with Gasteiger partial charge in [-0.2, -0.15) is 0 Å². The summed E-state index contributed by atoms with van der Waals surface area (Å²) in [5.41, 5.74) is -0.117. The van der Waals surface area contributed by atoms with Crippen molar-refractivity contribution < 1.29 is 4.92 Å². The van der Waals surface area contributed by atoms with Crippen molar-refractivity contribution in [1.29, 1.82) is 0 Å². The van der Waals surface area contributed by atoms with Crippen molar-refractivity contribution in [2.75, 3.05) is 11.4 Å². The van der Waals surface area contributed by atoms with Gasteiger partial charge in [0.1, 0.15) is 17.8 Å². The maximum atomic E-state index is 10.8. The molecule has 0 spiro atoms. The maximum Gasteiger partial charge on any atom is 0.289 e. The summed E-state index contributed by atoms with van der Waals surface area (Å²) < 4.78 is 2.13. The number of rotatable bonds is 3. The molecule has 0 bridgehead atoms. The molecule has 23 heavy (non-hydrogen) atoms. The Hall–Kier alpha value is -2.22. The normalized spacial score (nSPS) is 17.4. The molecular formula is C14H17ClN6O2. The van der Waals surface area contributed by atoms with E-state index in [0.717, 1.165) is 18.2 Å². The van der Waals surface area contributed by atoms with Crippen molar-refractivity contribution in [3.63, 3.8) is 0 Å². The van der Waals surface area contributed by atoms with E-state index in [1.54, 1.807) is 0 Å². The number of pyridine rings is 1. The Bertz CT molecular complexity index is 760. The molecule has 2 aromatic rings. The Morgan fingerprint density at radius 2 is 2.13 bits per heavy atom. The van der Waals surface area contributed by atoms with Crippen LogP contribution in [-0.2, 0) is 6.54 Å². The molecule has 1 atom stereocenters. The topological polar surface area (TPSA) is 90.0 Å². The van der Waals surface area contributed by atoms with E-state index in [-0.39, 0.29) is 16.8 Å². The molecule has 0 fully saturated rings. The predicted molar refractivity (Wildman–Crippen MR) is 85.8 cm³/mol. The van der Waals surface area contributed by atoms with Crippen molar-refractivity contribution in [2.24, 2.45) is 0 Å². The second kappa shape index (κ2) is 5.77. The van der Waals surface area contributed by atoms with Gasteiger partial charge in [0.15, 0.2) is 5.82 Å². The number of halogens is 1. The number of aromatic nitrogens is 4. The van der Waals surface area contributed by atoms with Crippen molar-refractivity contribution in [2.45, 2.75) is 39.3 Å². The van der Waals surface area contributed by atoms with Crippen LogP contribution in [0.25, 0.3) is 0 Å². The molecule has 0 aliphatic carbocycles. The highest BCUT2D eigenvalue weighted by molar-refractivity contribution is 6.33. The highest BCUT2D eigenvalue weighted by Gasteiger charge is 2.31. The summed E-state index contributed by atoms with van der Waals surface area (Å²) in [6.07, 6.45) is 1.23. The van der Waals surface area contributed by atoms with Gasteiger partial charge in [0, 0.05) is 25.1 Å². The standard InChI is InChI=1S/C14H17ClN6O2/c1-8(2)12-17-18-13-9(3)19(4-5-20(12)13)14-11(15)6-10(7-16-14)21(22)23/h6-9H,4-5H2,1-3H3. The van der Waals surface area contributed by atoms with Crippen LogP contribution in [0.1, 0.15) is 44.4 Å². The van der Waals surface area contributed by atoms with Gasteiger partial charge in [0.25, 0.3) is 5.69 Å². The van der Waals surface area contributed by atoms with Gasteiger partial charge in [-0.1, -0.05) is 25.4 Å². The smallest absolute Gasteiger partial charge is 0.289 e. The monoisotopic (exact) mass is 336 g/mol. The van der Waals surface area contributed by atoms with E-state index in [9.17, 15) is 10.1 Å². The third kappa shape index (κ3) is 2.63. The van der Waals surface area contributed by atoms with Crippen LogP contribution in [0.5, 0.6) is 0 Å². The number of fused-ring (bicyclic) bond motifs is 1. The summed E-state index contributed by atoms with van der Waals surface area (Å²) in [4.78, 5) is 16.5. The molecule has 9 heteroatoms. The first kappa shape index (κ1) is 15.7. The van der Waals surface area contributed by atoms with Crippen molar-refractivity contribution in [1.82, 2.24) is 19.7 Å². The van der Waals surface area contributed by atoms with Crippen molar-refractivity contribution in [3.8, 4) is 0 Å². The van der Waals surface area contributed by atoms with Gasteiger partial charge in [-0.3, -0.25) is 10.1 Å². The largest absolute Gasteiger partial charge is 0.344 e. The average molecular weight is 337 g/mol. The molecule has 3 rings (SSSR count). The molecule has 3 heterocycles. The summed E-state index contributed by atoms with van der Waals surface area (Å²) in [6, 6.07) is 1.27. The van der Waals surface area contributed by atoms with E-state index < -0.39 is 4.92 Å². The quantitative estimate of drug-likeness (QED) is 0.632. The van der Waals surface area contributed by atoms with Crippen LogP contribution >= 0.6 is 11.6 Å². The lowest BCUT2D eigenvalue weighted by molar-refractivity contribution is -0.385. The van der Waals surface area contributed by atoms with Crippen molar-refractivity contribution in [3.05, 3.63) is 39.0 Å². The summed E-state index contributed by atoms with van der Waals surface area (Å²) >= 11 is 6.20. The number of nitrogens with zero attached hydrogens (tertiary/aromatic N) is 6. The van der Waals surface area contributed by atoms with Crippen LogP contribution in [0.2, 0.25) is 5.02 Å². The van der Waals surface area contributed by atoms with Crippen LogP contribution < -0.4 is 4.90 Å². The first-order chi connectivity index (χ1) is 10.9. The van der Waals surface area contributed by atoms with Gasteiger partial charge in [-0.25, -0.2) is 4.98 Å². The zero-order chi connectivity index (χ0) is 16.7. The van der Waals surface area contributed by atoms with E-state index >= 15 is 0 Å². The second-order valence-corrected chi connectivity index (χ2v) is 6.26. The average Bonchev–Trinajstić information content (AvgIpc) is 2.93. The van der Waals surface area contributed by atoms with Crippen LogP contribution in [0.4, 0.5) is 11.5 Å². The third-order valence-electron chi connectivity index (χ3n) is 4.02. The van der Waals surface area contributed by atoms with E-state index in [4.69, 9.17) is 11.6 Å². The molecule has 8 nitrogen and oxygen atoms in total. The van der Waals surface area contributed by atoms with Gasteiger partial charge in [0.2, 0.25) is 0 Å². The lowest BCUT2D eigenvalue weighted by Gasteiger charge is -2.35. The molecule has 122 valence electrons. The number of hydrogen-bond donors (Lipinski definition) is 0. The summed E-state index contributed by atoms with van der Waals surface area (Å²) in [5, 5.41) is 19.7. The molecule has 1 unspecified atom stereocenters. The molecule has 0 saturated heterocycles. The minimum absolute atomic E-state index is 0.0600. The SMILES string of the molecule is CC(C)c1nnc2n1CCN(c1ncc([N+](=O)[O-])cc1Cl)C2C. The minimum Gasteiger partial charge on any atom is -0.344 e. The fourth-order valence-corrected chi connectivity index (χ4v) is 3.12. The summed E-state index contributed by atoms with van der Waals surface area (Å²) in [5.74, 6) is 2.66. The van der Waals surface area contributed by atoms with E-state index in [0.29, 0.717) is 18.3 Å². The second-order valence-electron chi connectivity index (χ2n) is 5.85. The first-order valence-electron chi connectivity index (χ1n) is 7.39. The lowest BCUT2D eigenvalue weighted by atomic mass is 10.1. The third-order valence-corrected chi connectivity index (χ3v) is 4.30. The van der Waals surface area contributed by atoms with Gasteiger partial charge < -0.3 is 9.47 Å². The minimum atomic E-state index is -0.506. The van der Waals surface area contributed by atoms with E-state index in [1.165, 1.54) is 12.3 Å². The van der Waals surface area contributed by atoms with Gasteiger partial charge >= 0.3 is 0 Å². The zero-order valence-corrected chi connectivity index (χ0v) is 13.9. The molecule has 0 saturated carbocycles. The molecule has 1 aliphatic heterocycles. The molecule has 0 N–H and O–H groups in total. The first-order valence-corrected chi connectivity index (χ1v) is 7.77. The van der Waals surface area contributed by atoms with Gasteiger partial charge in [-0.15, -0.1) is 10.2 Å². The van der Waals surface area contributed by atoms with E-state index in [1.807, 2.05) is 11.8 Å². The lowest BCUT2D eigenvalue weighted by Crippen LogP contribution is -2.38. The van der Waals surface area contributed by atoms with Gasteiger partial charge in [0.05, 0.1) is 16.0 Å². The molecule has 2 aromatic heterocycles. The highest BCUT2D eigenvalue weighted by atomic mass is 35.5. The summed E-state index contributed by atoms with van der Waals surface area (Å²) in [6.45, 7) is 7.60. The van der Waals surface area contributed by atoms with Crippen LogP contribution in [0, 0.1) is 10.1 Å². The Morgan fingerprint density at radius 3 is 2.74 bits per heavy atom. The Balaban J connectivity index is 1.95. The molecular weight excluding hydrogens is 320 g/mol. The molecule has 0 aromatic carbocycles. The fourth-order valence-electron chi connectivity index (χ4n) is 2.86. The number of anilines is 1. The fraction of sp³-hybridized carbons (Fsp3) is 0.500.